The first-order valence-electron chi connectivity index (χ1n) is 7.07. The van der Waals surface area contributed by atoms with E-state index in [0.717, 1.165) is 0 Å². The molecule has 1 amide bonds. The van der Waals surface area contributed by atoms with Gasteiger partial charge >= 0.3 is 12.1 Å². The van der Waals surface area contributed by atoms with Gasteiger partial charge in [0.15, 0.2) is 0 Å². The maximum Gasteiger partial charge on any atom is 0.391 e. The lowest BCUT2D eigenvalue weighted by molar-refractivity contribution is -0.160. The zero-order chi connectivity index (χ0) is 18.2. The van der Waals surface area contributed by atoms with Gasteiger partial charge in [-0.05, 0) is 30.7 Å². The van der Waals surface area contributed by atoms with Crippen LogP contribution >= 0.6 is 0 Å². The molecule has 1 aromatic rings. The summed E-state index contributed by atoms with van der Waals surface area (Å²) in [4.78, 5) is 22.3. The number of nitrogens with one attached hydrogen (secondary N) is 1. The van der Waals surface area contributed by atoms with Gasteiger partial charge in [-0.1, -0.05) is 0 Å². The van der Waals surface area contributed by atoms with E-state index in [9.17, 15) is 22.8 Å². The number of rotatable bonds is 9. The molecule has 134 valence electrons. The molecular formula is C15H18F3NO5. The van der Waals surface area contributed by atoms with Crippen LogP contribution < -0.4 is 14.8 Å². The Hall–Kier alpha value is -2.45. The Balaban J connectivity index is 2.32. The van der Waals surface area contributed by atoms with Gasteiger partial charge in [-0.25, -0.2) is 4.79 Å². The molecule has 0 bridgehead atoms. The van der Waals surface area contributed by atoms with Gasteiger partial charge in [0.1, 0.15) is 17.5 Å². The summed E-state index contributed by atoms with van der Waals surface area (Å²) < 4.78 is 47.0. The van der Waals surface area contributed by atoms with Crippen LogP contribution in [-0.4, -0.2) is 42.9 Å². The van der Waals surface area contributed by atoms with Crippen LogP contribution in [0, 0.1) is 0 Å². The van der Waals surface area contributed by atoms with Gasteiger partial charge in [0.25, 0.3) is 0 Å². The number of hydrogen-bond acceptors (Lipinski definition) is 4. The zero-order valence-electron chi connectivity index (χ0n) is 12.9. The molecule has 0 spiro atoms. The largest absolute Gasteiger partial charge is 0.497 e. The molecule has 0 heterocycles. The molecule has 1 aromatic carbocycles. The Labute approximate surface area is 136 Å². The second-order valence-corrected chi connectivity index (χ2v) is 4.91. The Morgan fingerprint density at radius 2 is 1.79 bits per heavy atom. The van der Waals surface area contributed by atoms with Crippen molar-refractivity contribution in [2.45, 2.75) is 31.5 Å². The number of carboxylic acids is 1. The highest BCUT2D eigenvalue weighted by Gasteiger charge is 2.36. The van der Waals surface area contributed by atoms with E-state index in [1.165, 1.54) is 7.11 Å². The number of hydrogen-bond donors (Lipinski definition) is 2. The predicted molar refractivity (Wildman–Crippen MR) is 78.0 cm³/mol. The summed E-state index contributed by atoms with van der Waals surface area (Å²) in [5, 5.41) is 10.6. The fourth-order valence-electron chi connectivity index (χ4n) is 1.79. The average Bonchev–Trinajstić information content (AvgIpc) is 2.50. The van der Waals surface area contributed by atoms with E-state index in [1.54, 1.807) is 24.3 Å². The van der Waals surface area contributed by atoms with E-state index < -0.39 is 30.5 Å². The van der Waals surface area contributed by atoms with Crippen LogP contribution in [0.4, 0.5) is 13.2 Å². The van der Waals surface area contributed by atoms with Crippen molar-refractivity contribution in [2.24, 2.45) is 0 Å². The molecule has 1 unspecified atom stereocenters. The molecule has 0 saturated carbocycles. The number of carboxylic acid groups (broad SMARTS) is 1. The Morgan fingerprint density at radius 1 is 1.21 bits per heavy atom. The van der Waals surface area contributed by atoms with Crippen LogP contribution in [0.5, 0.6) is 11.5 Å². The number of ether oxygens (including phenoxy) is 2. The second-order valence-electron chi connectivity index (χ2n) is 4.91. The number of alkyl halides is 3. The highest BCUT2D eigenvalue weighted by molar-refractivity contribution is 5.83. The molecule has 6 nitrogen and oxygen atoms in total. The van der Waals surface area contributed by atoms with Crippen LogP contribution in [-0.2, 0) is 9.59 Å². The molecule has 0 aliphatic rings. The van der Waals surface area contributed by atoms with Gasteiger partial charge < -0.3 is 19.9 Å². The van der Waals surface area contributed by atoms with E-state index >= 15 is 0 Å². The van der Waals surface area contributed by atoms with Crippen molar-refractivity contribution in [3.8, 4) is 11.5 Å². The average molecular weight is 349 g/mol. The third-order valence-electron chi connectivity index (χ3n) is 2.95. The molecule has 9 heteroatoms. The van der Waals surface area contributed by atoms with Crippen molar-refractivity contribution in [1.29, 1.82) is 0 Å². The van der Waals surface area contributed by atoms with Gasteiger partial charge in [-0.2, -0.15) is 13.2 Å². The Bertz CT molecular complexity index is 545. The fraction of sp³-hybridized carbons (Fsp3) is 0.467. The summed E-state index contributed by atoms with van der Waals surface area (Å²) in [6.07, 6.45) is -6.20. The lowest BCUT2D eigenvalue weighted by atomic mass is 10.2. The maximum atomic E-state index is 12.2. The molecule has 0 aliphatic heterocycles. The summed E-state index contributed by atoms with van der Waals surface area (Å²) >= 11 is 0. The van der Waals surface area contributed by atoms with E-state index in [-0.39, 0.29) is 19.4 Å². The molecule has 0 radical (unpaired) electrons. The molecule has 2 N–H and O–H groups in total. The molecule has 0 fully saturated rings. The van der Waals surface area contributed by atoms with Gasteiger partial charge in [0.05, 0.1) is 20.1 Å². The quantitative estimate of drug-likeness (QED) is 0.669. The van der Waals surface area contributed by atoms with Crippen molar-refractivity contribution in [3.05, 3.63) is 24.3 Å². The summed E-state index contributed by atoms with van der Waals surface area (Å²) in [6.45, 7) is 0.163. The zero-order valence-corrected chi connectivity index (χ0v) is 12.9. The number of benzene rings is 1. The van der Waals surface area contributed by atoms with E-state index in [0.29, 0.717) is 11.5 Å². The van der Waals surface area contributed by atoms with Gasteiger partial charge in [-0.3, -0.25) is 4.79 Å². The van der Waals surface area contributed by atoms with Crippen molar-refractivity contribution in [2.75, 3.05) is 13.7 Å². The summed E-state index contributed by atoms with van der Waals surface area (Å²) in [5.74, 6) is -1.29. The number of aliphatic carboxylic acids is 1. The summed E-state index contributed by atoms with van der Waals surface area (Å²) in [6, 6.07) is 4.73. The van der Waals surface area contributed by atoms with Gasteiger partial charge in [-0.15, -0.1) is 0 Å². The van der Waals surface area contributed by atoms with Crippen LogP contribution in [0.2, 0.25) is 0 Å². The smallest absolute Gasteiger partial charge is 0.391 e. The molecule has 1 rings (SSSR count). The van der Waals surface area contributed by atoms with Crippen molar-refractivity contribution in [1.82, 2.24) is 5.32 Å². The topological polar surface area (TPSA) is 84.9 Å². The highest BCUT2D eigenvalue weighted by Crippen LogP contribution is 2.21. The number of amides is 1. The molecule has 0 saturated heterocycles. The Kier molecular flexibility index (Phi) is 7.34. The first-order chi connectivity index (χ1) is 11.2. The fourth-order valence-corrected chi connectivity index (χ4v) is 1.79. The van der Waals surface area contributed by atoms with Crippen LogP contribution in [0.25, 0.3) is 0 Å². The summed E-state index contributed by atoms with van der Waals surface area (Å²) in [7, 11) is 1.53. The van der Waals surface area contributed by atoms with Crippen molar-refractivity contribution in [3.63, 3.8) is 0 Å². The van der Waals surface area contributed by atoms with E-state index in [2.05, 4.69) is 0 Å². The van der Waals surface area contributed by atoms with Gasteiger partial charge in [0, 0.05) is 6.42 Å². The normalized spacial score (nSPS) is 12.3. The minimum Gasteiger partial charge on any atom is -0.497 e. The first kappa shape index (κ1) is 19.6. The molecule has 0 aliphatic carbocycles. The van der Waals surface area contributed by atoms with Crippen molar-refractivity contribution >= 4 is 11.9 Å². The number of methoxy groups -OCH3 is 1. The number of halogens is 3. The van der Waals surface area contributed by atoms with Crippen LogP contribution in [0.15, 0.2) is 24.3 Å². The number of carbonyl (C=O) groups is 2. The maximum absolute atomic E-state index is 12.2. The lowest BCUT2D eigenvalue weighted by Crippen LogP contribution is -2.43. The number of carbonyl (C=O) groups excluding carboxylic acids is 1. The minimum absolute atomic E-state index is 0.141. The molecule has 1 atom stereocenters. The Morgan fingerprint density at radius 3 is 2.29 bits per heavy atom. The molecule has 24 heavy (non-hydrogen) atoms. The monoisotopic (exact) mass is 349 g/mol. The summed E-state index contributed by atoms with van der Waals surface area (Å²) in [5.41, 5.74) is 0. The first-order valence-corrected chi connectivity index (χ1v) is 7.07. The highest BCUT2D eigenvalue weighted by atomic mass is 19.4. The lowest BCUT2D eigenvalue weighted by Gasteiger charge is -2.16. The second kappa shape index (κ2) is 8.99. The minimum atomic E-state index is -4.67. The third kappa shape index (κ3) is 7.70. The van der Waals surface area contributed by atoms with Crippen LogP contribution in [0.3, 0.4) is 0 Å². The SMILES string of the molecule is COc1ccc(OCCCC(=O)NC(CC(F)(F)F)C(=O)O)cc1. The van der Waals surface area contributed by atoms with Gasteiger partial charge in [0.2, 0.25) is 5.91 Å². The van der Waals surface area contributed by atoms with Crippen LogP contribution in [0.1, 0.15) is 19.3 Å². The third-order valence-corrected chi connectivity index (χ3v) is 2.95. The van der Waals surface area contributed by atoms with E-state index in [4.69, 9.17) is 14.6 Å². The molecule has 0 aromatic heterocycles. The van der Waals surface area contributed by atoms with E-state index in [1.807, 2.05) is 5.32 Å². The standard InChI is InChI=1S/C15H18F3NO5/c1-23-10-4-6-11(7-5-10)24-8-2-3-13(20)19-12(14(21)22)9-15(16,17)18/h4-7,12H,2-3,8-9H2,1H3,(H,19,20)(H,21,22). The van der Waals surface area contributed by atoms with Crippen molar-refractivity contribution < 1.29 is 37.3 Å². The molecular weight excluding hydrogens is 331 g/mol. The predicted octanol–water partition coefficient (Wildman–Crippen LogP) is 2.38.